The Labute approximate surface area is 113 Å². The van der Waals surface area contributed by atoms with Crippen LogP contribution in [0.5, 0.6) is 0 Å². The largest absolute Gasteiger partial charge is 0.338 e. The average Bonchev–Trinajstić information content (AvgIpc) is 2.41. The third-order valence-corrected chi connectivity index (χ3v) is 3.75. The van der Waals surface area contributed by atoms with Crippen LogP contribution in [0.3, 0.4) is 0 Å². The molecule has 1 amide bonds. The van der Waals surface area contributed by atoms with Crippen LogP contribution in [0.1, 0.15) is 30.6 Å². The van der Waals surface area contributed by atoms with Gasteiger partial charge in [0, 0.05) is 24.7 Å². The minimum absolute atomic E-state index is 0.00167. The number of hydrogen-bond acceptors (Lipinski definition) is 2. The van der Waals surface area contributed by atoms with Gasteiger partial charge in [-0.25, -0.2) is 4.39 Å². The Balaban J connectivity index is 2.00. The van der Waals surface area contributed by atoms with Crippen molar-refractivity contribution in [3.8, 4) is 0 Å². The number of amides is 1. The Morgan fingerprint density at radius 3 is 2.68 bits per heavy atom. The van der Waals surface area contributed by atoms with Gasteiger partial charge in [0.05, 0.1) is 0 Å². The van der Waals surface area contributed by atoms with Crippen LogP contribution in [0, 0.1) is 11.7 Å². The van der Waals surface area contributed by atoms with Crippen LogP contribution < -0.4 is 5.32 Å². The molecule has 1 aromatic carbocycles. The van der Waals surface area contributed by atoms with Crippen LogP contribution in [0.2, 0.25) is 0 Å². The fourth-order valence-electron chi connectivity index (χ4n) is 2.67. The summed E-state index contributed by atoms with van der Waals surface area (Å²) in [6.07, 6.45) is 0.974. The van der Waals surface area contributed by atoms with Crippen molar-refractivity contribution in [1.29, 1.82) is 0 Å². The van der Waals surface area contributed by atoms with Gasteiger partial charge in [0.25, 0.3) is 5.91 Å². The summed E-state index contributed by atoms with van der Waals surface area (Å²) in [7, 11) is 0. The summed E-state index contributed by atoms with van der Waals surface area (Å²) >= 11 is 0. The van der Waals surface area contributed by atoms with Crippen molar-refractivity contribution in [2.45, 2.75) is 26.3 Å². The summed E-state index contributed by atoms with van der Waals surface area (Å²) in [5.41, 5.74) is 0.565. The number of benzene rings is 1. The number of nitrogens with one attached hydrogen (secondary N) is 1. The molecule has 2 rings (SSSR count). The maximum atomic E-state index is 12.9. The highest BCUT2D eigenvalue weighted by molar-refractivity contribution is 5.94. The minimum Gasteiger partial charge on any atom is -0.338 e. The highest BCUT2D eigenvalue weighted by atomic mass is 19.1. The van der Waals surface area contributed by atoms with E-state index >= 15 is 0 Å². The lowest BCUT2D eigenvalue weighted by atomic mass is 9.93. The summed E-state index contributed by atoms with van der Waals surface area (Å²) < 4.78 is 12.9. The molecule has 1 aliphatic rings. The average molecular weight is 264 g/mol. The number of rotatable bonds is 3. The van der Waals surface area contributed by atoms with Gasteiger partial charge in [0.2, 0.25) is 0 Å². The molecule has 0 saturated carbocycles. The Bertz CT molecular complexity index is 432. The summed E-state index contributed by atoms with van der Waals surface area (Å²) in [5.74, 6) is 0.135. The predicted molar refractivity (Wildman–Crippen MR) is 73.5 cm³/mol. The van der Waals surface area contributed by atoms with Crippen LogP contribution in [0.4, 0.5) is 4.39 Å². The zero-order chi connectivity index (χ0) is 13.8. The van der Waals surface area contributed by atoms with Gasteiger partial charge in [-0.15, -0.1) is 0 Å². The number of halogens is 1. The van der Waals surface area contributed by atoms with E-state index < -0.39 is 0 Å². The molecule has 0 aliphatic carbocycles. The van der Waals surface area contributed by atoms with E-state index in [0.29, 0.717) is 17.5 Å². The lowest BCUT2D eigenvalue weighted by Crippen LogP contribution is -2.50. The van der Waals surface area contributed by atoms with Crippen molar-refractivity contribution in [2.75, 3.05) is 19.6 Å². The highest BCUT2D eigenvalue weighted by Gasteiger charge is 2.28. The SMILES string of the molecule is CCNC1CCN(C(=O)c2ccc(F)cc2)CC1C. The molecule has 19 heavy (non-hydrogen) atoms. The van der Waals surface area contributed by atoms with Crippen molar-refractivity contribution >= 4 is 5.91 Å². The molecule has 3 nitrogen and oxygen atoms in total. The van der Waals surface area contributed by atoms with Gasteiger partial charge in [-0.1, -0.05) is 13.8 Å². The zero-order valence-corrected chi connectivity index (χ0v) is 11.5. The molecule has 2 unspecified atom stereocenters. The topological polar surface area (TPSA) is 32.3 Å². The second-order valence-electron chi connectivity index (χ2n) is 5.19. The summed E-state index contributed by atoms with van der Waals surface area (Å²) in [5, 5.41) is 3.45. The molecular formula is C15H21FN2O. The standard InChI is InChI=1S/C15H21FN2O/c1-3-17-14-8-9-18(10-11(14)2)15(19)12-4-6-13(16)7-5-12/h4-7,11,14,17H,3,8-10H2,1-2H3. The van der Waals surface area contributed by atoms with E-state index in [0.717, 1.165) is 26.1 Å². The van der Waals surface area contributed by atoms with Gasteiger partial charge in [0.15, 0.2) is 0 Å². The molecule has 1 aromatic rings. The van der Waals surface area contributed by atoms with Crippen molar-refractivity contribution in [3.63, 3.8) is 0 Å². The second kappa shape index (κ2) is 6.15. The molecule has 1 fully saturated rings. The smallest absolute Gasteiger partial charge is 0.253 e. The predicted octanol–water partition coefficient (Wildman–Crippen LogP) is 2.29. The van der Waals surface area contributed by atoms with Gasteiger partial charge in [0.1, 0.15) is 5.82 Å². The molecule has 4 heteroatoms. The van der Waals surface area contributed by atoms with E-state index in [1.54, 1.807) is 12.1 Å². The summed E-state index contributed by atoms with van der Waals surface area (Å²) in [6.45, 7) is 6.74. The number of hydrogen-bond donors (Lipinski definition) is 1. The molecule has 1 N–H and O–H groups in total. The van der Waals surface area contributed by atoms with E-state index in [9.17, 15) is 9.18 Å². The molecule has 1 aliphatic heterocycles. The second-order valence-corrected chi connectivity index (χ2v) is 5.19. The van der Waals surface area contributed by atoms with E-state index in [2.05, 4.69) is 19.2 Å². The third-order valence-electron chi connectivity index (χ3n) is 3.75. The Morgan fingerprint density at radius 2 is 2.11 bits per heavy atom. The maximum Gasteiger partial charge on any atom is 0.253 e. The van der Waals surface area contributed by atoms with Crippen LogP contribution >= 0.6 is 0 Å². The van der Waals surface area contributed by atoms with Gasteiger partial charge >= 0.3 is 0 Å². The van der Waals surface area contributed by atoms with E-state index in [1.165, 1.54) is 12.1 Å². The highest BCUT2D eigenvalue weighted by Crippen LogP contribution is 2.19. The van der Waals surface area contributed by atoms with Crippen LogP contribution in [-0.4, -0.2) is 36.5 Å². The first-order valence-electron chi connectivity index (χ1n) is 6.90. The quantitative estimate of drug-likeness (QED) is 0.908. The Kier molecular flexibility index (Phi) is 4.53. The number of carbonyl (C=O) groups is 1. The number of piperidine rings is 1. The van der Waals surface area contributed by atoms with Crippen molar-refractivity contribution in [1.82, 2.24) is 10.2 Å². The summed E-state index contributed by atoms with van der Waals surface area (Å²) in [4.78, 5) is 14.2. The van der Waals surface area contributed by atoms with Gasteiger partial charge in [-0.3, -0.25) is 4.79 Å². The first-order chi connectivity index (χ1) is 9.11. The van der Waals surface area contributed by atoms with Gasteiger partial charge in [-0.05, 0) is 43.1 Å². The van der Waals surface area contributed by atoms with Crippen molar-refractivity contribution < 1.29 is 9.18 Å². The first-order valence-corrected chi connectivity index (χ1v) is 6.90. The van der Waals surface area contributed by atoms with Gasteiger partial charge < -0.3 is 10.2 Å². The third kappa shape index (κ3) is 3.32. The molecule has 1 heterocycles. The molecule has 0 radical (unpaired) electrons. The molecule has 2 atom stereocenters. The fourth-order valence-corrected chi connectivity index (χ4v) is 2.67. The van der Waals surface area contributed by atoms with Crippen LogP contribution in [0.25, 0.3) is 0 Å². The molecule has 0 bridgehead atoms. The van der Waals surface area contributed by atoms with E-state index in [4.69, 9.17) is 0 Å². The number of carbonyl (C=O) groups excluding carboxylic acids is 1. The number of likely N-dealkylation sites (tertiary alicyclic amines) is 1. The Morgan fingerprint density at radius 1 is 1.42 bits per heavy atom. The minimum atomic E-state index is -0.309. The van der Waals surface area contributed by atoms with Crippen LogP contribution in [-0.2, 0) is 0 Å². The maximum absolute atomic E-state index is 12.9. The lowest BCUT2D eigenvalue weighted by molar-refractivity contribution is 0.0646. The van der Waals surface area contributed by atoms with E-state index in [-0.39, 0.29) is 11.7 Å². The zero-order valence-electron chi connectivity index (χ0n) is 11.5. The molecule has 1 saturated heterocycles. The van der Waals surface area contributed by atoms with Gasteiger partial charge in [-0.2, -0.15) is 0 Å². The lowest BCUT2D eigenvalue weighted by Gasteiger charge is -2.37. The monoisotopic (exact) mass is 264 g/mol. The normalized spacial score (nSPS) is 23.4. The fraction of sp³-hybridized carbons (Fsp3) is 0.533. The van der Waals surface area contributed by atoms with Crippen molar-refractivity contribution in [2.24, 2.45) is 5.92 Å². The van der Waals surface area contributed by atoms with Crippen molar-refractivity contribution in [3.05, 3.63) is 35.6 Å². The molecule has 104 valence electrons. The summed E-state index contributed by atoms with van der Waals surface area (Å²) in [6, 6.07) is 6.27. The Hall–Kier alpha value is -1.42. The molecule has 0 spiro atoms. The first kappa shape index (κ1) is 14.0. The van der Waals surface area contributed by atoms with E-state index in [1.807, 2.05) is 4.90 Å². The molecule has 0 aromatic heterocycles. The number of nitrogens with zero attached hydrogens (tertiary/aromatic N) is 1. The van der Waals surface area contributed by atoms with Crippen LogP contribution in [0.15, 0.2) is 24.3 Å². The molecular weight excluding hydrogens is 243 g/mol.